The van der Waals surface area contributed by atoms with Crippen molar-refractivity contribution in [2.45, 2.75) is 26.2 Å². The molecule has 1 rings (SSSR count). The van der Waals surface area contributed by atoms with Crippen molar-refractivity contribution in [3.8, 4) is 5.75 Å². The van der Waals surface area contributed by atoms with E-state index in [4.69, 9.17) is 9.84 Å². The summed E-state index contributed by atoms with van der Waals surface area (Å²) < 4.78 is 5.36. The van der Waals surface area contributed by atoms with Crippen LogP contribution < -0.4 is 9.64 Å². The smallest absolute Gasteiger partial charge is 0.142 e. The van der Waals surface area contributed by atoms with Crippen LogP contribution in [-0.2, 0) is 5.41 Å². The van der Waals surface area contributed by atoms with Crippen LogP contribution in [0.2, 0.25) is 0 Å². The molecule has 0 atom stereocenters. The molecule has 0 unspecified atom stereocenters. The number of hydrogen-bond acceptors (Lipinski definition) is 3. The number of ether oxygens (including phenoxy) is 1. The number of anilines is 1. The summed E-state index contributed by atoms with van der Waals surface area (Å²) in [5, 5.41) is 9.01. The highest BCUT2D eigenvalue weighted by atomic mass is 16.5. The van der Waals surface area contributed by atoms with Gasteiger partial charge in [-0.1, -0.05) is 26.8 Å². The maximum absolute atomic E-state index is 9.01. The Hall–Kier alpha value is -1.22. The summed E-state index contributed by atoms with van der Waals surface area (Å²) in [4.78, 5) is 2.01. The quantitative estimate of drug-likeness (QED) is 0.873. The Labute approximate surface area is 104 Å². The highest BCUT2D eigenvalue weighted by Crippen LogP contribution is 2.33. The number of hydrogen-bond donors (Lipinski definition) is 1. The van der Waals surface area contributed by atoms with Crippen LogP contribution in [0.25, 0.3) is 0 Å². The number of aliphatic hydroxyl groups is 1. The Morgan fingerprint density at radius 2 is 1.94 bits per heavy atom. The van der Waals surface area contributed by atoms with Gasteiger partial charge in [0.2, 0.25) is 0 Å². The standard InChI is InChI=1S/C14H23NO2/c1-14(2,3)11-6-7-13(17-5)12(10-11)15(4)8-9-16/h6-7,10,16H,8-9H2,1-5H3. The zero-order valence-corrected chi connectivity index (χ0v) is 11.4. The molecule has 0 amide bonds. The van der Waals surface area contributed by atoms with Crippen molar-refractivity contribution in [2.24, 2.45) is 0 Å². The maximum atomic E-state index is 9.01. The molecule has 0 heterocycles. The van der Waals surface area contributed by atoms with Gasteiger partial charge in [0.25, 0.3) is 0 Å². The predicted octanol–water partition coefficient (Wildman–Crippen LogP) is 2.42. The van der Waals surface area contributed by atoms with Crippen LogP contribution in [0.4, 0.5) is 5.69 Å². The Balaban J connectivity index is 3.15. The van der Waals surface area contributed by atoms with Gasteiger partial charge >= 0.3 is 0 Å². The minimum atomic E-state index is 0.112. The summed E-state index contributed by atoms with van der Waals surface area (Å²) in [6.07, 6.45) is 0. The largest absolute Gasteiger partial charge is 0.495 e. The number of nitrogens with zero attached hydrogens (tertiary/aromatic N) is 1. The van der Waals surface area contributed by atoms with Crippen LogP contribution in [0.5, 0.6) is 5.75 Å². The van der Waals surface area contributed by atoms with E-state index >= 15 is 0 Å². The summed E-state index contributed by atoms with van der Waals surface area (Å²) in [6, 6.07) is 6.22. The number of aliphatic hydroxyl groups excluding tert-OH is 1. The van der Waals surface area contributed by atoms with E-state index in [9.17, 15) is 0 Å². The van der Waals surface area contributed by atoms with E-state index in [2.05, 4.69) is 32.9 Å². The molecule has 0 aliphatic heterocycles. The molecule has 17 heavy (non-hydrogen) atoms. The lowest BCUT2D eigenvalue weighted by atomic mass is 9.86. The van der Waals surface area contributed by atoms with E-state index in [0.29, 0.717) is 6.54 Å². The maximum Gasteiger partial charge on any atom is 0.142 e. The molecule has 0 aliphatic rings. The van der Waals surface area contributed by atoms with Gasteiger partial charge < -0.3 is 14.7 Å². The van der Waals surface area contributed by atoms with E-state index in [1.807, 2.05) is 18.0 Å². The van der Waals surface area contributed by atoms with Crippen LogP contribution in [-0.4, -0.2) is 32.4 Å². The molecule has 0 aliphatic carbocycles. The fourth-order valence-electron chi connectivity index (χ4n) is 1.73. The average Bonchev–Trinajstić information content (AvgIpc) is 2.27. The fourth-order valence-corrected chi connectivity index (χ4v) is 1.73. The van der Waals surface area contributed by atoms with Gasteiger partial charge in [-0.3, -0.25) is 0 Å². The van der Waals surface area contributed by atoms with Gasteiger partial charge in [0.05, 0.1) is 19.4 Å². The van der Waals surface area contributed by atoms with Crippen LogP contribution in [0, 0.1) is 0 Å². The highest BCUT2D eigenvalue weighted by molar-refractivity contribution is 5.60. The van der Waals surface area contributed by atoms with Gasteiger partial charge in [-0.2, -0.15) is 0 Å². The summed E-state index contributed by atoms with van der Waals surface area (Å²) in [6.45, 7) is 7.29. The van der Waals surface area contributed by atoms with Gasteiger partial charge in [-0.15, -0.1) is 0 Å². The van der Waals surface area contributed by atoms with E-state index in [-0.39, 0.29) is 12.0 Å². The summed E-state index contributed by atoms with van der Waals surface area (Å²) >= 11 is 0. The van der Waals surface area contributed by atoms with Crippen molar-refractivity contribution < 1.29 is 9.84 Å². The Morgan fingerprint density at radius 3 is 2.41 bits per heavy atom. The molecule has 0 fully saturated rings. The van der Waals surface area contributed by atoms with E-state index in [1.54, 1.807) is 7.11 Å². The Morgan fingerprint density at radius 1 is 1.29 bits per heavy atom. The second kappa shape index (κ2) is 5.41. The lowest BCUT2D eigenvalue weighted by Crippen LogP contribution is -2.22. The summed E-state index contributed by atoms with van der Waals surface area (Å²) in [5.74, 6) is 0.842. The second-order valence-electron chi connectivity index (χ2n) is 5.28. The molecule has 1 N–H and O–H groups in total. The molecule has 3 heteroatoms. The molecule has 0 saturated carbocycles. The molecular weight excluding hydrogens is 214 g/mol. The normalized spacial score (nSPS) is 11.4. The van der Waals surface area contributed by atoms with E-state index < -0.39 is 0 Å². The molecular formula is C14H23NO2. The molecule has 1 aromatic rings. The number of rotatable bonds is 4. The SMILES string of the molecule is COc1ccc(C(C)(C)C)cc1N(C)CCO. The zero-order chi connectivity index (χ0) is 13.1. The van der Waals surface area contributed by atoms with Crippen molar-refractivity contribution in [1.29, 1.82) is 0 Å². The lowest BCUT2D eigenvalue weighted by Gasteiger charge is -2.25. The van der Waals surface area contributed by atoms with Crippen LogP contribution in [0.1, 0.15) is 26.3 Å². The van der Waals surface area contributed by atoms with Crippen molar-refractivity contribution in [3.05, 3.63) is 23.8 Å². The molecule has 0 saturated heterocycles. The molecule has 0 spiro atoms. The van der Waals surface area contributed by atoms with Crippen LogP contribution in [0.15, 0.2) is 18.2 Å². The zero-order valence-electron chi connectivity index (χ0n) is 11.4. The topological polar surface area (TPSA) is 32.7 Å². The minimum Gasteiger partial charge on any atom is -0.495 e. The molecule has 0 radical (unpaired) electrons. The molecule has 0 bridgehead atoms. The molecule has 96 valence electrons. The Kier molecular flexibility index (Phi) is 4.40. The van der Waals surface area contributed by atoms with E-state index in [0.717, 1.165) is 11.4 Å². The van der Waals surface area contributed by atoms with Crippen molar-refractivity contribution in [1.82, 2.24) is 0 Å². The van der Waals surface area contributed by atoms with Gasteiger partial charge in [0.15, 0.2) is 0 Å². The second-order valence-corrected chi connectivity index (χ2v) is 5.28. The molecule has 1 aromatic carbocycles. The van der Waals surface area contributed by atoms with Crippen LogP contribution in [0.3, 0.4) is 0 Å². The third kappa shape index (κ3) is 3.37. The average molecular weight is 237 g/mol. The molecule has 3 nitrogen and oxygen atoms in total. The first-order valence-electron chi connectivity index (χ1n) is 5.90. The van der Waals surface area contributed by atoms with Crippen molar-refractivity contribution in [3.63, 3.8) is 0 Å². The third-order valence-electron chi connectivity index (χ3n) is 2.89. The van der Waals surface area contributed by atoms with Crippen LogP contribution >= 0.6 is 0 Å². The molecule has 0 aromatic heterocycles. The summed E-state index contributed by atoms with van der Waals surface area (Å²) in [5.41, 5.74) is 2.40. The first-order chi connectivity index (χ1) is 7.90. The predicted molar refractivity (Wildman–Crippen MR) is 72.0 cm³/mol. The summed E-state index contributed by atoms with van der Waals surface area (Å²) in [7, 11) is 3.63. The van der Waals surface area contributed by atoms with E-state index in [1.165, 1.54) is 5.56 Å². The third-order valence-corrected chi connectivity index (χ3v) is 2.89. The fraction of sp³-hybridized carbons (Fsp3) is 0.571. The monoisotopic (exact) mass is 237 g/mol. The Bertz CT molecular complexity index is 369. The first kappa shape index (κ1) is 13.8. The van der Waals surface area contributed by atoms with Gasteiger partial charge in [-0.05, 0) is 23.1 Å². The highest BCUT2D eigenvalue weighted by Gasteiger charge is 2.17. The van der Waals surface area contributed by atoms with Gasteiger partial charge in [-0.25, -0.2) is 0 Å². The minimum absolute atomic E-state index is 0.112. The van der Waals surface area contributed by atoms with Gasteiger partial charge in [0.1, 0.15) is 5.75 Å². The number of methoxy groups -OCH3 is 1. The lowest BCUT2D eigenvalue weighted by molar-refractivity contribution is 0.303. The van der Waals surface area contributed by atoms with Gasteiger partial charge in [0, 0.05) is 13.6 Å². The van der Waals surface area contributed by atoms with Crippen molar-refractivity contribution >= 4 is 5.69 Å². The number of likely N-dealkylation sites (N-methyl/N-ethyl adjacent to an activating group) is 1. The number of benzene rings is 1. The van der Waals surface area contributed by atoms with Crippen molar-refractivity contribution in [2.75, 3.05) is 32.2 Å². The first-order valence-corrected chi connectivity index (χ1v) is 5.90.